The summed E-state index contributed by atoms with van der Waals surface area (Å²) in [6, 6.07) is 5.11. The van der Waals surface area contributed by atoms with Crippen molar-refractivity contribution < 1.29 is 55.6 Å². The molecule has 1 aromatic heterocycles. The number of nitrogens with zero attached hydrogens (tertiary/aromatic N) is 2. The fourth-order valence-corrected chi connectivity index (χ4v) is 4.55. The summed E-state index contributed by atoms with van der Waals surface area (Å²) in [5.74, 6) is -5.51. The fourth-order valence-electron chi connectivity index (χ4n) is 3.64. The Kier molecular flexibility index (Phi) is 13.3. The third-order valence-corrected chi connectivity index (χ3v) is 6.36. The minimum absolute atomic E-state index is 0.294. The molecule has 2 aliphatic rings. The van der Waals surface area contributed by atoms with Crippen molar-refractivity contribution in [3.8, 4) is 0 Å². The molecule has 3 rings (SSSR count). The molecule has 0 radical (unpaired) electrons. The Labute approximate surface area is 214 Å². The van der Waals surface area contributed by atoms with E-state index in [4.69, 9.17) is 29.3 Å². The summed E-state index contributed by atoms with van der Waals surface area (Å²) in [6.07, 6.45) is -5.92. The highest BCUT2D eigenvalue weighted by atomic mass is 32.1. The highest BCUT2D eigenvalue weighted by molar-refractivity contribution is 7.11. The number of carbonyl (C=O) groups is 2. The van der Waals surface area contributed by atoms with Crippen LogP contribution in [0.15, 0.2) is 12.1 Å². The van der Waals surface area contributed by atoms with Gasteiger partial charge in [0.1, 0.15) is 0 Å². The van der Waals surface area contributed by atoms with Crippen molar-refractivity contribution in [1.82, 2.24) is 9.80 Å². The van der Waals surface area contributed by atoms with Gasteiger partial charge in [-0.15, -0.1) is 11.3 Å². The minimum atomic E-state index is -5.08. The molecule has 1 aromatic rings. The van der Waals surface area contributed by atoms with Gasteiger partial charge in [0.05, 0.1) is 25.4 Å². The van der Waals surface area contributed by atoms with Gasteiger partial charge in [-0.2, -0.15) is 26.3 Å². The van der Waals surface area contributed by atoms with Crippen LogP contribution in [-0.2, 0) is 25.6 Å². The molecule has 0 saturated carbocycles. The fraction of sp³-hybridized carbons (Fsp3) is 0.727. The molecule has 2 saturated heterocycles. The van der Waals surface area contributed by atoms with E-state index in [1.165, 1.54) is 29.1 Å². The summed E-state index contributed by atoms with van der Waals surface area (Å²) in [4.78, 5) is 25.5. The highest BCUT2D eigenvalue weighted by Crippen LogP contribution is 2.33. The Hall–Kier alpha value is -1.94. The van der Waals surface area contributed by atoms with Gasteiger partial charge in [0.25, 0.3) is 0 Å². The van der Waals surface area contributed by atoms with Crippen LogP contribution in [0.3, 0.4) is 0 Å². The van der Waals surface area contributed by atoms with E-state index in [1.807, 2.05) is 11.3 Å². The van der Waals surface area contributed by atoms with Crippen LogP contribution in [0, 0.1) is 6.92 Å². The summed E-state index contributed by atoms with van der Waals surface area (Å²) in [5.41, 5.74) is 0. The maximum atomic E-state index is 10.6. The van der Waals surface area contributed by atoms with Gasteiger partial charge in [0.15, 0.2) is 0 Å². The van der Waals surface area contributed by atoms with Crippen LogP contribution in [-0.4, -0.2) is 103 Å². The van der Waals surface area contributed by atoms with Crippen molar-refractivity contribution in [3.63, 3.8) is 0 Å². The van der Waals surface area contributed by atoms with E-state index < -0.39 is 24.3 Å². The summed E-state index contributed by atoms with van der Waals surface area (Å²) in [5, 5.41) is 14.2. The van der Waals surface area contributed by atoms with Crippen molar-refractivity contribution in [1.29, 1.82) is 0 Å². The summed E-state index contributed by atoms with van der Waals surface area (Å²) in [6.45, 7) is 6.97. The van der Waals surface area contributed by atoms with Crippen LogP contribution >= 0.6 is 11.3 Å². The molecular weight excluding hydrogens is 534 g/mol. The molecule has 2 N–H and O–H groups in total. The van der Waals surface area contributed by atoms with Crippen molar-refractivity contribution >= 4 is 23.3 Å². The monoisotopic (exact) mass is 566 g/mol. The number of thiophene rings is 1. The third kappa shape index (κ3) is 12.9. The lowest BCUT2D eigenvalue weighted by Crippen LogP contribution is -2.43. The van der Waals surface area contributed by atoms with Crippen LogP contribution in [0.2, 0.25) is 0 Å². The van der Waals surface area contributed by atoms with Crippen LogP contribution in [0.5, 0.6) is 0 Å². The molecule has 0 bridgehead atoms. The van der Waals surface area contributed by atoms with E-state index in [-0.39, 0.29) is 0 Å². The maximum Gasteiger partial charge on any atom is 0.490 e. The predicted octanol–water partition coefficient (Wildman–Crippen LogP) is 4.02. The number of hydrogen-bond donors (Lipinski definition) is 2. The van der Waals surface area contributed by atoms with Gasteiger partial charge in [0, 0.05) is 35.4 Å². The second kappa shape index (κ2) is 14.9. The van der Waals surface area contributed by atoms with E-state index in [1.54, 1.807) is 0 Å². The molecule has 0 amide bonds. The Morgan fingerprint density at radius 1 is 1.08 bits per heavy atom. The van der Waals surface area contributed by atoms with Gasteiger partial charge >= 0.3 is 24.3 Å². The number of aliphatic carboxylic acids is 2. The molecular formula is C22H32F6N2O6S. The topological polar surface area (TPSA) is 99.5 Å². The van der Waals surface area contributed by atoms with Crippen LogP contribution in [0.1, 0.15) is 29.0 Å². The first-order valence-corrected chi connectivity index (χ1v) is 12.1. The second-order valence-corrected chi connectivity index (χ2v) is 10.1. The summed E-state index contributed by atoms with van der Waals surface area (Å²) >= 11 is 1.92. The number of alkyl halides is 6. The van der Waals surface area contributed by atoms with Gasteiger partial charge in [-0.05, 0) is 52.4 Å². The van der Waals surface area contributed by atoms with E-state index in [2.05, 4.69) is 43.0 Å². The third-order valence-electron chi connectivity index (χ3n) is 5.38. The van der Waals surface area contributed by atoms with Gasteiger partial charge in [-0.3, -0.25) is 4.90 Å². The van der Waals surface area contributed by atoms with Crippen LogP contribution in [0.4, 0.5) is 26.3 Å². The number of carboxylic acids is 2. The van der Waals surface area contributed by atoms with Gasteiger partial charge in [-0.1, -0.05) is 0 Å². The number of fused-ring (bicyclic) bond motifs is 1. The Bertz CT molecular complexity index is 824. The van der Waals surface area contributed by atoms with Crippen molar-refractivity contribution in [2.24, 2.45) is 0 Å². The molecule has 2 aliphatic heterocycles. The number of carboxylic acid groups (broad SMARTS) is 2. The van der Waals surface area contributed by atoms with Crippen molar-refractivity contribution in [2.75, 3.05) is 40.4 Å². The molecule has 0 unspecified atom stereocenters. The lowest BCUT2D eigenvalue weighted by Gasteiger charge is -2.36. The first-order valence-electron chi connectivity index (χ1n) is 11.3. The molecule has 0 spiro atoms. The SMILES string of the molecule is Cc1ccc(CN2CC[C@@H]3O[C@H](COCCN(C)C)CC[C@@H]32)s1.O=C(O)C(F)(F)F.O=C(O)C(F)(F)F. The van der Waals surface area contributed by atoms with E-state index in [0.717, 1.165) is 32.7 Å². The number of ether oxygens (including phenoxy) is 2. The smallest absolute Gasteiger partial charge is 0.475 e. The van der Waals surface area contributed by atoms with Gasteiger partial charge < -0.3 is 24.6 Å². The summed E-state index contributed by atoms with van der Waals surface area (Å²) < 4.78 is 75.6. The molecule has 214 valence electrons. The zero-order chi connectivity index (χ0) is 28.4. The minimum Gasteiger partial charge on any atom is -0.475 e. The number of rotatable bonds is 7. The lowest BCUT2D eigenvalue weighted by atomic mass is 9.99. The number of hydrogen-bond acceptors (Lipinski definition) is 7. The normalized spacial score (nSPS) is 21.9. The molecule has 37 heavy (non-hydrogen) atoms. The first-order chi connectivity index (χ1) is 17.0. The lowest BCUT2D eigenvalue weighted by molar-refractivity contribution is -0.193. The van der Waals surface area contributed by atoms with Crippen LogP contribution in [0.25, 0.3) is 0 Å². The highest BCUT2D eigenvalue weighted by Gasteiger charge is 2.40. The molecule has 15 heteroatoms. The molecule has 3 atom stereocenters. The van der Waals surface area contributed by atoms with Crippen LogP contribution < -0.4 is 0 Å². The molecule has 8 nitrogen and oxygen atoms in total. The number of aryl methyl sites for hydroxylation is 1. The number of likely N-dealkylation sites (tertiary alicyclic amines) is 1. The number of likely N-dealkylation sites (N-methyl/N-ethyl adjacent to an activating group) is 1. The molecule has 3 heterocycles. The Morgan fingerprint density at radius 3 is 2.11 bits per heavy atom. The summed E-state index contributed by atoms with van der Waals surface area (Å²) in [7, 11) is 4.15. The number of halogens is 6. The Morgan fingerprint density at radius 2 is 1.65 bits per heavy atom. The standard InChI is InChI=1S/C18H30N2O2S.2C2HF3O2/c1-14-4-6-16(23-14)12-20-9-8-18-17(20)7-5-15(22-18)13-21-11-10-19(2)3;2*3-2(4,5)1(6)7/h4,6,15,17-18H,5,7-13H2,1-3H3;2*(H,6,7)/t15-,17-,18-;;/m0../s1. The Balaban J connectivity index is 0.000000404. The second-order valence-electron chi connectivity index (χ2n) is 8.70. The van der Waals surface area contributed by atoms with Gasteiger partial charge in [-0.25, -0.2) is 9.59 Å². The van der Waals surface area contributed by atoms with E-state index in [0.29, 0.717) is 18.2 Å². The van der Waals surface area contributed by atoms with E-state index >= 15 is 0 Å². The average Bonchev–Trinajstić information content (AvgIpc) is 3.36. The van der Waals surface area contributed by atoms with Crippen molar-refractivity contribution in [2.45, 2.75) is 63.3 Å². The quantitative estimate of drug-likeness (QED) is 0.377. The molecule has 0 aliphatic carbocycles. The average molecular weight is 567 g/mol. The zero-order valence-electron chi connectivity index (χ0n) is 20.6. The zero-order valence-corrected chi connectivity index (χ0v) is 21.5. The van der Waals surface area contributed by atoms with E-state index in [9.17, 15) is 26.3 Å². The first kappa shape index (κ1) is 33.1. The van der Waals surface area contributed by atoms with Gasteiger partial charge in [0.2, 0.25) is 0 Å². The maximum absolute atomic E-state index is 10.6. The molecule has 0 aromatic carbocycles. The molecule has 2 fully saturated rings. The largest absolute Gasteiger partial charge is 0.490 e. The predicted molar refractivity (Wildman–Crippen MR) is 123 cm³/mol. The van der Waals surface area contributed by atoms with Crippen molar-refractivity contribution in [3.05, 3.63) is 21.9 Å².